The van der Waals surface area contributed by atoms with E-state index in [9.17, 15) is 24.3 Å². The highest BCUT2D eigenvalue weighted by Crippen LogP contribution is 2.39. The molecule has 0 spiro atoms. The number of piperidine rings is 1. The molecular formula is C46H52N10O6. The zero-order valence-corrected chi connectivity index (χ0v) is 35.0. The van der Waals surface area contributed by atoms with Crippen molar-refractivity contribution in [2.45, 2.75) is 83.0 Å². The van der Waals surface area contributed by atoms with Gasteiger partial charge in [0.25, 0.3) is 11.5 Å². The zero-order chi connectivity index (χ0) is 43.0. The second-order valence-electron chi connectivity index (χ2n) is 16.6. The number of carbonyl (C=O) groups is 3. The lowest BCUT2D eigenvalue weighted by Crippen LogP contribution is -2.52. The van der Waals surface area contributed by atoms with Crippen molar-refractivity contribution >= 4 is 46.1 Å². The summed E-state index contributed by atoms with van der Waals surface area (Å²) in [5.41, 5.74) is 4.16. The Hall–Kier alpha value is -6.39. The van der Waals surface area contributed by atoms with Crippen molar-refractivity contribution in [3.63, 3.8) is 0 Å². The van der Waals surface area contributed by atoms with Gasteiger partial charge in [0.1, 0.15) is 22.8 Å². The zero-order valence-electron chi connectivity index (χ0n) is 35.0. The lowest BCUT2D eigenvalue weighted by molar-refractivity contribution is -0.136. The molecule has 62 heavy (non-hydrogen) atoms. The largest absolute Gasteiger partial charge is 0.493 e. The van der Waals surface area contributed by atoms with Crippen LogP contribution in [0.25, 0.3) is 16.9 Å². The maximum atomic E-state index is 13.5. The summed E-state index contributed by atoms with van der Waals surface area (Å²) in [4.78, 5) is 71.3. The Morgan fingerprint density at radius 2 is 1.81 bits per heavy atom. The summed E-state index contributed by atoms with van der Waals surface area (Å²) in [5.74, 6) is 0.615. The molecule has 0 bridgehead atoms. The molecule has 3 aliphatic heterocycles. The predicted octanol–water partition coefficient (Wildman–Crippen LogP) is 4.58. The minimum Gasteiger partial charge on any atom is -0.493 e. The molecule has 16 heteroatoms. The molecule has 0 saturated carbocycles. The summed E-state index contributed by atoms with van der Waals surface area (Å²) < 4.78 is 9.39. The van der Waals surface area contributed by atoms with E-state index < -0.39 is 17.6 Å². The van der Waals surface area contributed by atoms with Crippen molar-refractivity contribution < 1.29 is 24.2 Å². The third-order valence-corrected chi connectivity index (χ3v) is 12.8. The number of hydrogen-bond acceptors (Lipinski definition) is 12. The summed E-state index contributed by atoms with van der Waals surface area (Å²) in [7, 11) is 0. The topological polar surface area (TPSA) is 180 Å². The number of fused-ring (bicyclic) bond motifs is 3. The number of piperazine rings is 1. The monoisotopic (exact) mass is 840 g/mol. The van der Waals surface area contributed by atoms with Gasteiger partial charge in [0.15, 0.2) is 11.5 Å². The number of allylic oxidation sites excluding steroid dienone is 1. The van der Waals surface area contributed by atoms with E-state index in [4.69, 9.17) is 14.7 Å². The molecule has 5 aromatic rings. The number of rotatable bonds is 15. The van der Waals surface area contributed by atoms with Gasteiger partial charge in [-0.3, -0.25) is 29.4 Å². The van der Waals surface area contributed by atoms with Crippen LogP contribution in [0.2, 0.25) is 0 Å². The fraction of sp³-hybridized carbons (Fsp3) is 0.413. The van der Waals surface area contributed by atoms with E-state index in [0.29, 0.717) is 72.2 Å². The van der Waals surface area contributed by atoms with E-state index in [1.54, 1.807) is 32.6 Å². The van der Waals surface area contributed by atoms with E-state index in [-0.39, 0.29) is 30.3 Å². The normalized spacial score (nSPS) is 20.1. The minimum atomic E-state index is -0.997. The number of aliphatic hydroxyl groups is 1. The number of pyridine rings is 1. The van der Waals surface area contributed by atoms with Gasteiger partial charge in [-0.25, -0.2) is 19.3 Å². The Bertz CT molecular complexity index is 2600. The molecule has 16 nitrogen and oxygen atoms in total. The molecule has 4 aliphatic rings. The van der Waals surface area contributed by atoms with Gasteiger partial charge in [0, 0.05) is 61.3 Å². The molecule has 2 atom stereocenters. The third kappa shape index (κ3) is 7.84. The molecule has 2 fully saturated rings. The van der Waals surface area contributed by atoms with E-state index in [1.807, 2.05) is 43.3 Å². The highest BCUT2D eigenvalue weighted by molar-refractivity contribution is 6.05. The third-order valence-electron chi connectivity index (χ3n) is 12.8. The molecule has 322 valence electrons. The van der Waals surface area contributed by atoms with E-state index in [0.717, 1.165) is 80.9 Å². The number of nitrogens with one attached hydrogen (secondary N) is 2. The van der Waals surface area contributed by atoms with Gasteiger partial charge in [0.2, 0.25) is 17.8 Å². The van der Waals surface area contributed by atoms with E-state index >= 15 is 0 Å². The van der Waals surface area contributed by atoms with Crippen LogP contribution in [-0.2, 0) is 34.7 Å². The van der Waals surface area contributed by atoms with Crippen LogP contribution in [0, 0.1) is 0 Å². The number of hydrogen-bond donors (Lipinski definition) is 3. The van der Waals surface area contributed by atoms with Crippen LogP contribution in [0.5, 0.6) is 5.75 Å². The van der Waals surface area contributed by atoms with Crippen LogP contribution in [0.15, 0.2) is 78.2 Å². The summed E-state index contributed by atoms with van der Waals surface area (Å²) in [5, 5.41) is 17.3. The van der Waals surface area contributed by atoms with Crippen LogP contribution in [0.1, 0.15) is 79.0 Å². The second kappa shape index (κ2) is 17.2. The van der Waals surface area contributed by atoms with Crippen LogP contribution in [0.4, 0.5) is 17.3 Å². The number of nitrogens with zero attached hydrogens (tertiary/aromatic N) is 8. The van der Waals surface area contributed by atoms with Crippen molar-refractivity contribution in [2.24, 2.45) is 0 Å². The van der Waals surface area contributed by atoms with Crippen molar-refractivity contribution in [1.29, 1.82) is 0 Å². The Labute approximate surface area is 359 Å². The first-order valence-electron chi connectivity index (χ1n) is 21.7. The van der Waals surface area contributed by atoms with Crippen molar-refractivity contribution in [1.82, 2.24) is 39.4 Å². The smallest absolute Gasteiger partial charge is 0.278 e. The second-order valence-corrected chi connectivity index (χ2v) is 16.6. The van der Waals surface area contributed by atoms with Gasteiger partial charge in [0.05, 0.1) is 25.4 Å². The Morgan fingerprint density at radius 1 is 0.984 bits per heavy atom. The Morgan fingerprint density at radius 3 is 2.58 bits per heavy atom. The van der Waals surface area contributed by atoms with Gasteiger partial charge in [-0.1, -0.05) is 25.1 Å². The Balaban J connectivity index is 0.752. The molecule has 1 unspecified atom stereocenters. The van der Waals surface area contributed by atoms with Crippen molar-refractivity contribution in [2.75, 3.05) is 49.5 Å². The van der Waals surface area contributed by atoms with E-state index in [1.165, 1.54) is 0 Å². The van der Waals surface area contributed by atoms with Crippen LogP contribution in [-0.4, -0.2) is 102 Å². The van der Waals surface area contributed by atoms with E-state index in [2.05, 4.69) is 44.1 Å². The summed E-state index contributed by atoms with van der Waals surface area (Å²) in [6.07, 6.45) is 8.67. The lowest BCUT2D eigenvalue weighted by Gasteiger charge is -2.36. The maximum Gasteiger partial charge on any atom is 0.278 e. The van der Waals surface area contributed by atoms with Gasteiger partial charge in [-0.05, 0) is 99.5 Å². The number of amides is 3. The molecule has 9 rings (SSSR count). The highest BCUT2D eigenvalue weighted by Gasteiger charge is 2.40. The number of ether oxygens (including phenoxy) is 1. The first-order chi connectivity index (χ1) is 30.1. The number of aryl methyl sites for hydroxylation is 1. The molecule has 1 aliphatic carbocycles. The van der Waals surface area contributed by atoms with Gasteiger partial charge in [-0.15, -0.1) is 6.58 Å². The van der Waals surface area contributed by atoms with Gasteiger partial charge in [-0.2, -0.15) is 4.98 Å². The first kappa shape index (κ1) is 41.0. The molecule has 0 radical (unpaired) electrons. The standard InChI is InChI=1S/C46H52N10O6/c1-3-21-55-44(60)34-28-47-45(51-41(34)56(55)38-17-11-30-19-20-46(61,4-2)40(30)49-38)48-31-12-14-32(15-13-31)53-25-23-52(24-26-53)22-6-5-7-27-62-37-10-8-9-33-35(37)29-54(43(33)59)36-16-18-39(57)50-42(36)58/h3,8-15,17,28,36,61H,1,4-7,16,18-27,29H2,2H3,(H,47,48,51)(H,50,57,58)/t36?,46-/m1/s1. The summed E-state index contributed by atoms with van der Waals surface area (Å²) in [6.45, 7) is 11.7. The van der Waals surface area contributed by atoms with Gasteiger partial charge < -0.3 is 25.0 Å². The van der Waals surface area contributed by atoms with Crippen molar-refractivity contribution in [3.8, 4) is 11.6 Å². The maximum absolute atomic E-state index is 13.5. The number of anilines is 3. The molecule has 6 heterocycles. The molecule has 2 saturated heterocycles. The summed E-state index contributed by atoms with van der Waals surface area (Å²) in [6, 6.07) is 16.9. The van der Waals surface area contributed by atoms with Crippen molar-refractivity contribution in [3.05, 3.63) is 106 Å². The number of aromatic nitrogens is 5. The van der Waals surface area contributed by atoms with Crippen LogP contribution in [0.3, 0.4) is 0 Å². The first-order valence-corrected chi connectivity index (χ1v) is 21.7. The molecule has 3 N–H and O–H groups in total. The minimum absolute atomic E-state index is 0.197. The fourth-order valence-corrected chi connectivity index (χ4v) is 9.22. The molecule has 3 aromatic heterocycles. The van der Waals surface area contributed by atoms with Gasteiger partial charge >= 0.3 is 0 Å². The number of benzene rings is 2. The SMILES string of the molecule is C=CCn1c(=O)c2cnc(Nc3ccc(N4CCN(CCCCCOc5cccc6c5CN(C5CCC(=O)NC5=O)C6=O)CC4)cc3)nc2n1-c1ccc2c(n1)[C@@](O)(CC)CC2. The molecule has 2 aromatic carbocycles. The lowest BCUT2D eigenvalue weighted by atomic mass is 9.98. The average Bonchev–Trinajstić information content (AvgIpc) is 3.90. The number of unbranched alkanes of at least 4 members (excludes halogenated alkanes) is 2. The molecular weight excluding hydrogens is 789 g/mol. The van der Waals surface area contributed by atoms with Crippen LogP contribution >= 0.6 is 0 Å². The quantitative estimate of drug-likeness (QED) is 0.0760. The fourth-order valence-electron chi connectivity index (χ4n) is 9.22. The summed E-state index contributed by atoms with van der Waals surface area (Å²) >= 11 is 0. The number of carbonyl (C=O) groups excluding carboxylic acids is 3. The molecule has 3 amide bonds. The predicted molar refractivity (Wildman–Crippen MR) is 234 cm³/mol. The average molecular weight is 841 g/mol. The number of imide groups is 1. The highest BCUT2D eigenvalue weighted by atomic mass is 16.5. The Kier molecular flexibility index (Phi) is 11.4. The van der Waals surface area contributed by atoms with Crippen LogP contribution < -0.4 is 25.8 Å².